The summed E-state index contributed by atoms with van der Waals surface area (Å²) in [6.07, 6.45) is 12.0. The highest BCUT2D eigenvalue weighted by Gasteiger charge is 2.42. The fourth-order valence-electron chi connectivity index (χ4n) is 4.30. The molecule has 0 radical (unpaired) electrons. The number of hydrogen-bond donors (Lipinski definition) is 1. The first-order valence-corrected chi connectivity index (χ1v) is 7.95. The van der Waals surface area contributed by atoms with Gasteiger partial charge in [0.2, 0.25) is 0 Å². The van der Waals surface area contributed by atoms with Crippen LogP contribution in [-0.2, 0) is 6.42 Å². The molecule has 2 aliphatic carbocycles. The van der Waals surface area contributed by atoms with Gasteiger partial charge in [0.1, 0.15) is 0 Å². The molecule has 0 spiro atoms. The standard InChI is InChI=1S/C17H26N2/c1-2-13-6-4-10-17(18,12-13)15-9-3-7-14-8-5-11-19-16(14)15/h5,8,11,13,15H,2-4,6-7,9-10,12,18H2,1H3. The van der Waals surface area contributed by atoms with E-state index in [1.807, 2.05) is 6.20 Å². The Bertz CT molecular complexity index is 443. The molecule has 19 heavy (non-hydrogen) atoms. The molecule has 3 unspecified atom stereocenters. The molecule has 2 heteroatoms. The number of nitrogens with zero attached hydrogens (tertiary/aromatic N) is 1. The summed E-state index contributed by atoms with van der Waals surface area (Å²) >= 11 is 0. The average Bonchev–Trinajstić information content (AvgIpc) is 2.46. The lowest BCUT2D eigenvalue weighted by atomic mass is 9.64. The van der Waals surface area contributed by atoms with Gasteiger partial charge >= 0.3 is 0 Å². The molecule has 1 aromatic heterocycles. The van der Waals surface area contributed by atoms with Crippen molar-refractivity contribution in [3.8, 4) is 0 Å². The Morgan fingerprint density at radius 1 is 1.37 bits per heavy atom. The molecular weight excluding hydrogens is 232 g/mol. The van der Waals surface area contributed by atoms with Crippen molar-refractivity contribution in [3.63, 3.8) is 0 Å². The van der Waals surface area contributed by atoms with Crippen LogP contribution in [0.5, 0.6) is 0 Å². The van der Waals surface area contributed by atoms with Crippen LogP contribution in [0.15, 0.2) is 18.3 Å². The van der Waals surface area contributed by atoms with Crippen LogP contribution in [-0.4, -0.2) is 10.5 Å². The van der Waals surface area contributed by atoms with E-state index >= 15 is 0 Å². The molecule has 0 amide bonds. The zero-order valence-corrected chi connectivity index (χ0v) is 12.1. The van der Waals surface area contributed by atoms with Gasteiger partial charge in [-0.2, -0.15) is 0 Å². The number of aromatic nitrogens is 1. The molecule has 1 fully saturated rings. The normalized spacial score (nSPS) is 34.8. The Morgan fingerprint density at radius 2 is 2.26 bits per heavy atom. The molecule has 0 aliphatic heterocycles. The van der Waals surface area contributed by atoms with Crippen LogP contribution in [0.1, 0.15) is 69.0 Å². The quantitative estimate of drug-likeness (QED) is 0.876. The van der Waals surface area contributed by atoms with Crippen LogP contribution in [0.3, 0.4) is 0 Å². The van der Waals surface area contributed by atoms with Crippen molar-refractivity contribution >= 4 is 0 Å². The zero-order chi connectivity index (χ0) is 13.3. The Balaban J connectivity index is 1.89. The summed E-state index contributed by atoms with van der Waals surface area (Å²) < 4.78 is 0. The van der Waals surface area contributed by atoms with Crippen LogP contribution in [0.2, 0.25) is 0 Å². The molecule has 1 saturated carbocycles. The smallest absolute Gasteiger partial charge is 0.0484 e. The number of hydrogen-bond acceptors (Lipinski definition) is 2. The second kappa shape index (κ2) is 5.24. The molecule has 104 valence electrons. The molecule has 3 rings (SSSR count). The van der Waals surface area contributed by atoms with Crippen LogP contribution in [0, 0.1) is 5.92 Å². The molecule has 2 nitrogen and oxygen atoms in total. The second-order valence-corrected chi connectivity index (χ2v) is 6.60. The van der Waals surface area contributed by atoms with Crippen molar-refractivity contribution in [2.45, 2.75) is 69.7 Å². The molecule has 0 saturated heterocycles. The third kappa shape index (κ3) is 2.43. The van der Waals surface area contributed by atoms with Crippen molar-refractivity contribution in [1.29, 1.82) is 0 Å². The Morgan fingerprint density at radius 3 is 3.11 bits per heavy atom. The first-order chi connectivity index (χ1) is 9.23. The van der Waals surface area contributed by atoms with Gasteiger partial charge in [-0.15, -0.1) is 0 Å². The van der Waals surface area contributed by atoms with E-state index in [9.17, 15) is 0 Å². The maximum atomic E-state index is 6.87. The van der Waals surface area contributed by atoms with Crippen LogP contribution in [0.25, 0.3) is 0 Å². The largest absolute Gasteiger partial charge is 0.324 e. The minimum atomic E-state index is 0.00243. The first kappa shape index (κ1) is 13.1. The predicted molar refractivity (Wildman–Crippen MR) is 79.1 cm³/mol. The third-order valence-corrected chi connectivity index (χ3v) is 5.39. The van der Waals surface area contributed by atoms with E-state index in [1.54, 1.807) is 0 Å². The van der Waals surface area contributed by atoms with E-state index in [1.165, 1.54) is 62.6 Å². The van der Waals surface area contributed by atoms with Crippen molar-refractivity contribution in [1.82, 2.24) is 4.98 Å². The minimum absolute atomic E-state index is 0.00243. The molecule has 2 aliphatic rings. The summed E-state index contributed by atoms with van der Waals surface area (Å²) in [6.45, 7) is 2.31. The topological polar surface area (TPSA) is 38.9 Å². The van der Waals surface area contributed by atoms with E-state index in [0.717, 1.165) is 5.92 Å². The molecule has 1 heterocycles. The van der Waals surface area contributed by atoms with E-state index in [-0.39, 0.29) is 5.54 Å². The van der Waals surface area contributed by atoms with Gasteiger partial charge in [0.25, 0.3) is 0 Å². The summed E-state index contributed by atoms with van der Waals surface area (Å²) in [7, 11) is 0. The molecule has 0 bridgehead atoms. The number of nitrogens with two attached hydrogens (primary N) is 1. The van der Waals surface area contributed by atoms with Crippen molar-refractivity contribution in [2.24, 2.45) is 11.7 Å². The van der Waals surface area contributed by atoms with Crippen LogP contribution >= 0.6 is 0 Å². The first-order valence-electron chi connectivity index (χ1n) is 7.95. The number of pyridine rings is 1. The van der Waals surface area contributed by atoms with Gasteiger partial charge in [-0.3, -0.25) is 4.98 Å². The number of fused-ring (bicyclic) bond motifs is 1. The van der Waals surface area contributed by atoms with E-state index in [0.29, 0.717) is 5.92 Å². The van der Waals surface area contributed by atoms with Gasteiger partial charge in [0, 0.05) is 23.3 Å². The summed E-state index contributed by atoms with van der Waals surface area (Å²) in [6, 6.07) is 4.32. The van der Waals surface area contributed by atoms with E-state index in [2.05, 4.69) is 19.1 Å². The molecule has 3 atom stereocenters. The fraction of sp³-hybridized carbons (Fsp3) is 0.706. The lowest BCUT2D eigenvalue weighted by Crippen LogP contribution is -2.50. The monoisotopic (exact) mass is 258 g/mol. The van der Waals surface area contributed by atoms with Gasteiger partial charge in [-0.1, -0.05) is 32.3 Å². The number of aryl methyl sites for hydroxylation is 1. The summed E-state index contributed by atoms with van der Waals surface area (Å²) in [5.74, 6) is 1.32. The minimum Gasteiger partial charge on any atom is -0.324 e. The van der Waals surface area contributed by atoms with Gasteiger partial charge in [-0.25, -0.2) is 0 Å². The summed E-state index contributed by atoms with van der Waals surface area (Å²) in [5, 5.41) is 0. The summed E-state index contributed by atoms with van der Waals surface area (Å²) in [5.41, 5.74) is 9.64. The maximum Gasteiger partial charge on any atom is 0.0484 e. The zero-order valence-electron chi connectivity index (χ0n) is 12.1. The SMILES string of the molecule is CCC1CCCC(N)(C2CCCc3cccnc32)C1. The van der Waals surface area contributed by atoms with Crippen molar-refractivity contribution < 1.29 is 0 Å². The lowest BCUT2D eigenvalue weighted by molar-refractivity contribution is 0.173. The molecule has 0 aromatic carbocycles. The van der Waals surface area contributed by atoms with Crippen molar-refractivity contribution in [3.05, 3.63) is 29.6 Å². The number of rotatable bonds is 2. The van der Waals surface area contributed by atoms with E-state index < -0.39 is 0 Å². The van der Waals surface area contributed by atoms with Gasteiger partial charge in [0.05, 0.1) is 0 Å². The Kier molecular flexibility index (Phi) is 3.62. The predicted octanol–water partition coefficient (Wildman–Crippen LogP) is 3.80. The molecule has 2 N–H and O–H groups in total. The lowest BCUT2D eigenvalue weighted by Gasteiger charge is -2.45. The highest BCUT2D eigenvalue weighted by Crippen LogP contribution is 2.45. The highest BCUT2D eigenvalue weighted by molar-refractivity contribution is 5.29. The van der Waals surface area contributed by atoms with Crippen LogP contribution in [0.4, 0.5) is 0 Å². The molecule has 1 aromatic rings. The fourth-order valence-corrected chi connectivity index (χ4v) is 4.30. The van der Waals surface area contributed by atoms with Crippen molar-refractivity contribution in [2.75, 3.05) is 0 Å². The van der Waals surface area contributed by atoms with Gasteiger partial charge in [-0.05, 0) is 49.7 Å². The Labute approximate surface area is 116 Å². The maximum absolute atomic E-state index is 6.87. The van der Waals surface area contributed by atoms with Gasteiger partial charge < -0.3 is 5.73 Å². The van der Waals surface area contributed by atoms with Crippen LogP contribution < -0.4 is 5.73 Å². The average molecular weight is 258 g/mol. The Hall–Kier alpha value is -0.890. The van der Waals surface area contributed by atoms with Gasteiger partial charge in [0.15, 0.2) is 0 Å². The highest BCUT2D eigenvalue weighted by atomic mass is 14.8. The molecular formula is C17H26N2. The van der Waals surface area contributed by atoms with E-state index in [4.69, 9.17) is 10.7 Å². The second-order valence-electron chi connectivity index (χ2n) is 6.60. The third-order valence-electron chi connectivity index (χ3n) is 5.39. The summed E-state index contributed by atoms with van der Waals surface area (Å²) in [4.78, 5) is 4.69.